The van der Waals surface area contributed by atoms with Crippen LogP contribution in [0.3, 0.4) is 0 Å². The van der Waals surface area contributed by atoms with Crippen LogP contribution in [0.1, 0.15) is 59.3 Å². The number of piperidine rings is 1. The highest BCUT2D eigenvalue weighted by Crippen LogP contribution is 2.42. The summed E-state index contributed by atoms with van der Waals surface area (Å²) in [4.78, 5) is 2.72. The Bertz CT molecular complexity index is 288. The predicted octanol–water partition coefficient (Wildman–Crippen LogP) is 3.03. The van der Waals surface area contributed by atoms with E-state index in [1.165, 1.54) is 51.6 Å². The molecule has 0 aromatic carbocycles. The Hall–Kier alpha value is -0.0800. The molecule has 2 atom stereocenters. The van der Waals surface area contributed by atoms with Crippen molar-refractivity contribution >= 4 is 0 Å². The van der Waals surface area contributed by atoms with Gasteiger partial charge in [-0.3, -0.25) is 0 Å². The van der Waals surface area contributed by atoms with Crippen molar-refractivity contribution in [2.75, 3.05) is 13.1 Å². The molecule has 2 unspecified atom stereocenters. The maximum Gasteiger partial charge on any atom is 0.0111 e. The second kappa shape index (κ2) is 4.79. The Balaban J connectivity index is 1.42. The van der Waals surface area contributed by atoms with Gasteiger partial charge in [0.25, 0.3) is 0 Å². The summed E-state index contributed by atoms with van der Waals surface area (Å²) in [5, 5.41) is 3.94. The summed E-state index contributed by atoms with van der Waals surface area (Å²) >= 11 is 0. The largest absolute Gasteiger partial charge is 0.311 e. The lowest BCUT2D eigenvalue weighted by Gasteiger charge is -2.46. The second-order valence-electron chi connectivity index (χ2n) is 7.95. The molecular formula is C16H30N2. The smallest absolute Gasteiger partial charge is 0.0111 e. The average Bonchev–Trinajstić information content (AvgIpc) is 2.67. The molecule has 1 saturated carbocycles. The van der Waals surface area contributed by atoms with Gasteiger partial charge in [0.15, 0.2) is 0 Å². The Morgan fingerprint density at radius 1 is 0.944 bits per heavy atom. The van der Waals surface area contributed by atoms with Crippen LogP contribution in [0, 0.1) is 11.3 Å². The number of rotatable bonds is 2. The van der Waals surface area contributed by atoms with Gasteiger partial charge in [-0.25, -0.2) is 0 Å². The molecule has 18 heavy (non-hydrogen) atoms. The average molecular weight is 250 g/mol. The van der Waals surface area contributed by atoms with Crippen molar-refractivity contribution in [2.24, 2.45) is 11.3 Å². The number of nitrogens with one attached hydrogen (secondary N) is 1. The van der Waals surface area contributed by atoms with E-state index in [0.29, 0.717) is 5.41 Å². The molecule has 0 radical (unpaired) electrons. The lowest BCUT2D eigenvalue weighted by atomic mass is 9.65. The molecule has 1 N–H and O–H groups in total. The number of nitrogens with zero attached hydrogens (tertiary/aromatic N) is 1. The van der Waals surface area contributed by atoms with Gasteiger partial charge < -0.3 is 10.2 Å². The van der Waals surface area contributed by atoms with Crippen LogP contribution >= 0.6 is 0 Å². The third kappa shape index (κ3) is 2.60. The molecule has 2 heterocycles. The molecule has 0 amide bonds. The van der Waals surface area contributed by atoms with E-state index in [1.807, 2.05) is 0 Å². The molecule has 2 aliphatic heterocycles. The second-order valence-corrected chi connectivity index (χ2v) is 7.95. The monoisotopic (exact) mass is 250 g/mol. The standard InChI is InChI=1S/C16H30N2/c1-16(2,3)12-9-14(10-12)17-13-6-8-18-7-4-5-15(18)11-13/h12-15,17H,4-11H2,1-3H3. The third-order valence-corrected chi connectivity index (χ3v) is 5.65. The number of hydrogen-bond acceptors (Lipinski definition) is 2. The molecule has 0 bridgehead atoms. The van der Waals surface area contributed by atoms with Crippen LogP contribution in [0.2, 0.25) is 0 Å². The van der Waals surface area contributed by atoms with Gasteiger partial charge in [-0.1, -0.05) is 20.8 Å². The first kappa shape index (κ1) is 12.9. The van der Waals surface area contributed by atoms with Crippen LogP contribution in [0.25, 0.3) is 0 Å². The zero-order valence-electron chi connectivity index (χ0n) is 12.4. The summed E-state index contributed by atoms with van der Waals surface area (Å²) in [6, 6.07) is 2.55. The highest BCUT2D eigenvalue weighted by molar-refractivity contribution is 4.95. The van der Waals surface area contributed by atoms with Crippen molar-refractivity contribution in [3.63, 3.8) is 0 Å². The van der Waals surface area contributed by atoms with Crippen LogP contribution < -0.4 is 5.32 Å². The Kier molecular flexibility index (Phi) is 3.44. The summed E-state index contributed by atoms with van der Waals surface area (Å²) in [7, 11) is 0. The van der Waals surface area contributed by atoms with E-state index in [4.69, 9.17) is 0 Å². The molecule has 1 aliphatic carbocycles. The third-order valence-electron chi connectivity index (χ3n) is 5.65. The van der Waals surface area contributed by atoms with Gasteiger partial charge >= 0.3 is 0 Å². The molecule has 0 aromatic heterocycles. The van der Waals surface area contributed by atoms with Gasteiger partial charge in [0.05, 0.1) is 0 Å². The predicted molar refractivity (Wildman–Crippen MR) is 76.7 cm³/mol. The van der Waals surface area contributed by atoms with Gasteiger partial charge in [0, 0.05) is 18.1 Å². The zero-order valence-corrected chi connectivity index (χ0v) is 12.4. The van der Waals surface area contributed by atoms with E-state index in [-0.39, 0.29) is 0 Å². The van der Waals surface area contributed by atoms with Crippen LogP contribution in [-0.4, -0.2) is 36.1 Å². The molecule has 0 aromatic rings. The van der Waals surface area contributed by atoms with E-state index in [9.17, 15) is 0 Å². The Morgan fingerprint density at radius 3 is 2.44 bits per heavy atom. The van der Waals surface area contributed by atoms with Crippen molar-refractivity contribution in [1.29, 1.82) is 0 Å². The van der Waals surface area contributed by atoms with Crippen LogP contribution in [0.5, 0.6) is 0 Å². The highest BCUT2D eigenvalue weighted by Gasteiger charge is 2.39. The highest BCUT2D eigenvalue weighted by atomic mass is 15.2. The fourth-order valence-electron chi connectivity index (χ4n) is 4.17. The number of hydrogen-bond donors (Lipinski definition) is 1. The minimum absolute atomic E-state index is 0.521. The molecule has 3 fully saturated rings. The van der Waals surface area contributed by atoms with Gasteiger partial charge in [-0.2, -0.15) is 0 Å². The van der Waals surface area contributed by atoms with Crippen LogP contribution in [0.4, 0.5) is 0 Å². The summed E-state index contributed by atoms with van der Waals surface area (Å²) in [5.74, 6) is 0.946. The number of fused-ring (bicyclic) bond motifs is 1. The van der Waals surface area contributed by atoms with Crippen molar-refractivity contribution < 1.29 is 0 Å². The van der Waals surface area contributed by atoms with Crippen molar-refractivity contribution in [2.45, 2.75) is 77.4 Å². The minimum Gasteiger partial charge on any atom is -0.311 e. The maximum absolute atomic E-state index is 3.94. The summed E-state index contributed by atoms with van der Waals surface area (Å²) in [6.07, 6.45) is 8.51. The Labute approximate surface area is 113 Å². The lowest BCUT2D eigenvalue weighted by molar-refractivity contribution is 0.0774. The normalized spacial score (nSPS) is 41.5. The van der Waals surface area contributed by atoms with E-state index < -0.39 is 0 Å². The van der Waals surface area contributed by atoms with Crippen LogP contribution in [-0.2, 0) is 0 Å². The Morgan fingerprint density at radius 2 is 1.72 bits per heavy atom. The first-order valence-electron chi connectivity index (χ1n) is 8.02. The van der Waals surface area contributed by atoms with Gasteiger partial charge in [0.2, 0.25) is 0 Å². The SMILES string of the molecule is CC(C)(C)C1CC(NC2CCN3CCCC3C2)C1. The molecule has 2 heteroatoms. The van der Waals surface area contributed by atoms with Gasteiger partial charge in [0.1, 0.15) is 0 Å². The fourth-order valence-corrected chi connectivity index (χ4v) is 4.17. The molecule has 2 saturated heterocycles. The molecule has 3 aliphatic rings. The van der Waals surface area contributed by atoms with Crippen molar-refractivity contribution in [3.8, 4) is 0 Å². The first-order chi connectivity index (χ1) is 8.52. The quantitative estimate of drug-likeness (QED) is 0.810. The topological polar surface area (TPSA) is 15.3 Å². The minimum atomic E-state index is 0.521. The molecule has 104 valence electrons. The van der Waals surface area contributed by atoms with Gasteiger partial charge in [-0.15, -0.1) is 0 Å². The maximum atomic E-state index is 3.94. The van der Waals surface area contributed by atoms with E-state index >= 15 is 0 Å². The summed E-state index contributed by atoms with van der Waals surface area (Å²) in [5.41, 5.74) is 0.521. The summed E-state index contributed by atoms with van der Waals surface area (Å²) < 4.78 is 0. The van der Waals surface area contributed by atoms with E-state index in [1.54, 1.807) is 0 Å². The molecule has 2 nitrogen and oxygen atoms in total. The van der Waals surface area contributed by atoms with Gasteiger partial charge in [-0.05, 0) is 62.9 Å². The fraction of sp³-hybridized carbons (Fsp3) is 1.00. The van der Waals surface area contributed by atoms with Crippen molar-refractivity contribution in [1.82, 2.24) is 10.2 Å². The molecular weight excluding hydrogens is 220 g/mol. The van der Waals surface area contributed by atoms with Crippen molar-refractivity contribution in [3.05, 3.63) is 0 Å². The van der Waals surface area contributed by atoms with E-state index in [2.05, 4.69) is 31.0 Å². The first-order valence-corrected chi connectivity index (χ1v) is 8.02. The summed E-state index contributed by atoms with van der Waals surface area (Å²) in [6.45, 7) is 9.89. The molecule has 3 rings (SSSR count). The lowest BCUT2D eigenvalue weighted by Crippen LogP contribution is -2.53. The van der Waals surface area contributed by atoms with E-state index in [0.717, 1.165) is 24.0 Å². The van der Waals surface area contributed by atoms with Crippen LogP contribution in [0.15, 0.2) is 0 Å². The molecule has 0 spiro atoms. The zero-order chi connectivity index (χ0) is 12.8.